The molecule has 4 aromatic rings. The number of aromatic nitrogens is 1. The van der Waals surface area contributed by atoms with Gasteiger partial charge in [0.15, 0.2) is 0 Å². The number of benzene rings is 3. The van der Waals surface area contributed by atoms with Crippen molar-refractivity contribution in [1.29, 1.82) is 0 Å². The van der Waals surface area contributed by atoms with Crippen LogP contribution in [0.3, 0.4) is 0 Å². The van der Waals surface area contributed by atoms with E-state index in [-0.39, 0.29) is 34.6 Å². The highest BCUT2D eigenvalue weighted by Crippen LogP contribution is 2.28. The molecule has 0 aliphatic rings. The van der Waals surface area contributed by atoms with Gasteiger partial charge in [-0.3, -0.25) is 0 Å². The topological polar surface area (TPSA) is 139 Å². The Bertz CT molecular complexity index is 1600. The zero-order valence-corrected chi connectivity index (χ0v) is 25.6. The van der Waals surface area contributed by atoms with Crippen molar-refractivity contribution in [3.05, 3.63) is 107 Å². The fourth-order valence-electron chi connectivity index (χ4n) is 3.98. The van der Waals surface area contributed by atoms with Gasteiger partial charge in [-0.15, -0.1) is 0 Å². The van der Waals surface area contributed by atoms with Gasteiger partial charge in [0.25, 0.3) is 0 Å². The van der Waals surface area contributed by atoms with Crippen LogP contribution in [0.4, 0.5) is 0 Å². The van der Waals surface area contributed by atoms with Crippen LogP contribution in [0.5, 0.6) is 23.0 Å². The molecule has 0 fully saturated rings. The van der Waals surface area contributed by atoms with Crippen molar-refractivity contribution >= 4 is 23.9 Å². The van der Waals surface area contributed by atoms with Gasteiger partial charge in [0.1, 0.15) is 28.6 Å². The van der Waals surface area contributed by atoms with Crippen LogP contribution in [-0.2, 0) is 21.0 Å². The number of carbonyl (C=O) groups is 4. The van der Waals surface area contributed by atoms with Crippen molar-refractivity contribution in [2.75, 3.05) is 13.2 Å². The van der Waals surface area contributed by atoms with Gasteiger partial charge in [0.05, 0.1) is 30.8 Å². The molecular weight excluding hydrogens is 594 g/mol. The van der Waals surface area contributed by atoms with Crippen LogP contribution in [0.25, 0.3) is 0 Å². The first-order valence-corrected chi connectivity index (χ1v) is 14.9. The van der Waals surface area contributed by atoms with Crippen LogP contribution in [0, 0.1) is 0 Å². The number of H-pyrrole nitrogens is 1. The summed E-state index contributed by atoms with van der Waals surface area (Å²) in [5.74, 6) is -2.52. The molecule has 3 aromatic carbocycles. The maximum atomic E-state index is 13.0. The molecular formula is C35H35NO10. The summed E-state index contributed by atoms with van der Waals surface area (Å²) >= 11 is 0. The van der Waals surface area contributed by atoms with Crippen LogP contribution in [0.15, 0.2) is 85.2 Å². The Morgan fingerprint density at radius 2 is 1.20 bits per heavy atom. The van der Waals surface area contributed by atoms with Crippen molar-refractivity contribution < 1.29 is 47.9 Å². The van der Waals surface area contributed by atoms with E-state index in [0.717, 1.165) is 31.7 Å². The van der Waals surface area contributed by atoms with Gasteiger partial charge < -0.3 is 23.9 Å². The van der Waals surface area contributed by atoms with Crippen LogP contribution < -0.4 is 18.9 Å². The second kappa shape index (κ2) is 17.0. The van der Waals surface area contributed by atoms with Gasteiger partial charge in [0, 0.05) is 12.4 Å². The van der Waals surface area contributed by atoms with E-state index in [4.69, 9.17) is 23.8 Å². The Morgan fingerprint density at radius 1 is 0.630 bits per heavy atom. The molecule has 0 saturated heterocycles. The predicted molar refractivity (Wildman–Crippen MR) is 166 cm³/mol. The zero-order valence-electron chi connectivity index (χ0n) is 25.6. The molecule has 0 aliphatic carbocycles. The minimum absolute atomic E-state index is 0.0488. The van der Waals surface area contributed by atoms with Gasteiger partial charge in [-0.25, -0.2) is 29.0 Å². The highest BCUT2D eigenvalue weighted by Gasteiger charge is 2.23. The van der Waals surface area contributed by atoms with E-state index in [2.05, 4.69) is 23.7 Å². The van der Waals surface area contributed by atoms with Gasteiger partial charge in [-0.2, -0.15) is 0 Å². The minimum atomic E-state index is -1.16. The van der Waals surface area contributed by atoms with Crippen molar-refractivity contribution in [3.63, 3.8) is 0 Å². The monoisotopic (exact) mass is 629 g/mol. The SMILES string of the molecule is CCCCOc1ccc(C(=O)Oc2ccc(OC(=O)c3ccc(OCCCC)cc3)c(C(=O)OOC(=O)Cc3cc[nH]c3)c2)cc1. The number of ether oxygens (including phenoxy) is 4. The van der Waals surface area contributed by atoms with Crippen molar-refractivity contribution in [3.8, 4) is 23.0 Å². The molecule has 0 atom stereocenters. The first-order chi connectivity index (χ1) is 22.4. The number of unbranched alkanes of at least 4 members (excludes halogenated alkanes) is 2. The average molecular weight is 630 g/mol. The average Bonchev–Trinajstić information content (AvgIpc) is 3.58. The zero-order chi connectivity index (χ0) is 32.7. The quantitative estimate of drug-likeness (QED) is 0.0499. The fourth-order valence-corrected chi connectivity index (χ4v) is 3.98. The van der Waals surface area contributed by atoms with E-state index in [1.54, 1.807) is 54.9 Å². The Morgan fingerprint density at radius 3 is 1.74 bits per heavy atom. The lowest BCUT2D eigenvalue weighted by Crippen LogP contribution is -2.16. The van der Waals surface area contributed by atoms with Gasteiger partial charge in [0.2, 0.25) is 0 Å². The second-order valence-electron chi connectivity index (χ2n) is 10.1. The molecule has 0 amide bonds. The normalized spacial score (nSPS) is 10.5. The Balaban J connectivity index is 1.48. The summed E-state index contributed by atoms with van der Waals surface area (Å²) in [6.07, 6.45) is 6.86. The van der Waals surface area contributed by atoms with Crippen molar-refractivity contribution in [1.82, 2.24) is 4.98 Å². The summed E-state index contributed by atoms with van der Waals surface area (Å²) in [5.41, 5.74) is 0.722. The highest BCUT2D eigenvalue weighted by atomic mass is 17.2. The largest absolute Gasteiger partial charge is 0.494 e. The van der Waals surface area contributed by atoms with Crippen LogP contribution in [0.1, 0.15) is 76.2 Å². The van der Waals surface area contributed by atoms with Crippen LogP contribution in [0.2, 0.25) is 0 Å². The predicted octanol–water partition coefficient (Wildman–Crippen LogP) is 6.67. The third-order valence-electron chi connectivity index (χ3n) is 6.52. The summed E-state index contributed by atoms with van der Waals surface area (Å²) in [6.45, 7) is 5.24. The van der Waals surface area contributed by atoms with Crippen LogP contribution in [-0.4, -0.2) is 42.1 Å². The Labute approximate surface area is 266 Å². The summed E-state index contributed by atoms with van der Waals surface area (Å²) < 4.78 is 22.2. The van der Waals surface area contributed by atoms with Crippen LogP contribution >= 0.6 is 0 Å². The number of rotatable bonds is 15. The molecule has 1 heterocycles. The third kappa shape index (κ3) is 9.98. The number of aromatic amines is 1. The lowest BCUT2D eigenvalue weighted by Gasteiger charge is -2.12. The number of hydrogen-bond donors (Lipinski definition) is 1. The molecule has 240 valence electrons. The Hall–Kier alpha value is -5.58. The molecule has 11 nitrogen and oxygen atoms in total. The summed E-state index contributed by atoms with van der Waals surface area (Å²) in [7, 11) is 0. The molecule has 0 radical (unpaired) electrons. The minimum Gasteiger partial charge on any atom is -0.494 e. The molecule has 0 aliphatic heterocycles. The number of esters is 2. The number of nitrogens with one attached hydrogen (secondary N) is 1. The first-order valence-electron chi connectivity index (χ1n) is 14.9. The highest BCUT2D eigenvalue weighted by molar-refractivity contribution is 5.97. The Kier molecular flexibility index (Phi) is 12.3. The van der Waals surface area contributed by atoms with E-state index >= 15 is 0 Å². The van der Waals surface area contributed by atoms with E-state index in [1.807, 2.05) is 0 Å². The lowest BCUT2D eigenvalue weighted by molar-refractivity contribution is -0.233. The smallest absolute Gasteiger partial charge is 0.390 e. The maximum Gasteiger partial charge on any atom is 0.390 e. The first kappa shape index (κ1) is 33.3. The number of hydrogen-bond acceptors (Lipinski definition) is 10. The number of carbonyl (C=O) groups excluding carboxylic acids is 4. The van der Waals surface area contributed by atoms with Gasteiger partial charge >= 0.3 is 23.9 Å². The molecule has 0 bridgehead atoms. The van der Waals surface area contributed by atoms with Gasteiger partial charge in [-0.05, 0) is 91.2 Å². The summed E-state index contributed by atoms with van der Waals surface area (Å²) in [4.78, 5) is 63.3. The molecule has 1 aromatic heterocycles. The van der Waals surface area contributed by atoms with E-state index < -0.39 is 23.9 Å². The van der Waals surface area contributed by atoms with E-state index in [1.165, 1.54) is 24.3 Å². The second-order valence-corrected chi connectivity index (χ2v) is 10.1. The van der Waals surface area contributed by atoms with E-state index in [0.29, 0.717) is 30.3 Å². The molecule has 1 N–H and O–H groups in total. The van der Waals surface area contributed by atoms with Crippen molar-refractivity contribution in [2.24, 2.45) is 0 Å². The fraction of sp³-hybridized carbons (Fsp3) is 0.257. The molecule has 4 rings (SSSR count). The molecule has 0 saturated carbocycles. The molecule has 11 heteroatoms. The van der Waals surface area contributed by atoms with Gasteiger partial charge in [-0.1, -0.05) is 26.7 Å². The summed E-state index contributed by atoms with van der Waals surface area (Å²) in [5, 5.41) is 0. The standard InChI is InChI=1S/C35H35NO10/c1-3-5-19-41-27-11-7-25(8-12-27)33(38)43-29-15-16-31(44-34(39)26-9-13-28(14-10-26)42-20-6-4-2)30(22-29)35(40)46-45-32(37)21-24-17-18-36-23-24/h7-18,22-23,36H,3-6,19-21H2,1-2H3. The lowest BCUT2D eigenvalue weighted by atomic mass is 10.1. The third-order valence-corrected chi connectivity index (χ3v) is 6.52. The van der Waals surface area contributed by atoms with Crippen molar-refractivity contribution in [2.45, 2.75) is 46.0 Å². The summed E-state index contributed by atoms with van der Waals surface area (Å²) in [6, 6.07) is 18.2. The maximum absolute atomic E-state index is 13.0. The molecule has 0 unspecified atom stereocenters. The molecule has 0 spiro atoms. The molecule has 46 heavy (non-hydrogen) atoms. The van der Waals surface area contributed by atoms with E-state index in [9.17, 15) is 19.2 Å².